The lowest BCUT2D eigenvalue weighted by Crippen LogP contribution is -2.25. The van der Waals surface area contributed by atoms with E-state index in [1.165, 1.54) is 57.4 Å². The standard InChI is InChI=1S/C42H74O7/c1-40(2,3)47-31-21-17-13-11-9-10-12-14-18-23-33-49-42(7,8)30-25-27-34(26-20-16-15-19-22-32-48-41(4,5)6)37-35(38(43)44)28-24-29-36(37)39(45)46/h24,28-29,34H,9-23,25-27,30-33H2,1-8H3,(H,43,44)(H,45,46). The Labute approximate surface area is 300 Å². The molecule has 0 aromatic heterocycles. The van der Waals surface area contributed by atoms with E-state index in [1.807, 2.05) is 0 Å². The molecule has 0 fully saturated rings. The van der Waals surface area contributed by atoms with Gasteiger partial charge >= 0.3 is 11.9 Å². The van der Waals surface area contributed by atoms with Crippen LogP contribution >= 0.6 is 0 Å². The smallest absolute Gasteiger partial charge is 0.335 e. The lowest BCUT2D eigenvalue weighted by Gasteiger charge is -2.27. The van der Waals surface area contributed by atoms with Gasteiger partial charge in [-0.3, -0.25) is 0 Å². The van der Waals surface area contributed by atoms with Crippen LogP contribution in [0, 0.1) is 0 Å². The third-order valence-corrected chi connectivity index (χ3v) is 9.11. The molecule has 0 aliphatic heterocycles. The number of carbonyl (C=O) groups is 2. The van der Waals surface area contributed by atoms with Gasteiger partial charge in [-0.15, -0.1) is 0 Å². The topological polar surface area (TPSA) is 102 Å². The summed E-state index contributed by atoms with van der Waals surface area (Å²) in [5.41, 5.74) is 0.280. The Kier molecular flexibility index (Phi) is 22.3. The predicted octanol–water partition coefficient (Wildman–Crippen LogP) is 12.0. The lowest BCUT2D eigenvalue weighted by molar-refractivity contribution is -0.0269. The molecular formula is C42H74O7. The van der Waals surface area contributed by atoms with E-state index in [1.54, 1.807) is 12.1 Å². The first-order valence-corrected chi connectivity index (χ1v) is 19.5. The van der Waals surface area contributed by atoms with Gasteiger partial charge in [0.2, 0.25) is 0 Å². The average Bonchev–Trinajstić information content (AvgIpc) is 3.00. The molecule has 0 radical (unpaired) electrons. The van der Waals surface area contributed by atoms with E-state index in [-0.39, 0.29) is 33.8 Å². The number of carboxylic acid groups (broad SMARTS) is 2. The fourth-order valence-electron chi connectivity index (χ4n) is 6.40. The Hall–Kier alpha value is -1.96. The number of aromatic carboxylic acids is 2. The van der Waals surface area contributed by atoms with Crippen LogP contribution in [0.3, 0.4) is 0 Å². The molecule has 0 aliphatic carbocycles. The van der Waals surface area contributed by atoms with Crippen molar-refractivity contribution < 1.29 is 34.0 Å². The second-order valence-corrected chi connectivity index (χ2v) is 16.6. The summed E-state index contributed by atoms with van der Waals surface area (Å²) >= 11 is 0. The van der Waals surface area contributed by atoms with Gasteiger partial charge in [-0.25, -0.2) is 9.59 Å². The highest BCUT2D eigenvalue weighted by Gasteiger charge is 2.26. The fraction of sp³-hybridized carbons (Fsp3) is 0.810. The van der Waals surface area contributed by atoms with Crippen molar-refractivity contribution >= 4 is 11.9 Å². The van der Waals surface area contributed by atoms with Crippen molar-refractivity contribution in [2.45, 2.75) is 200 Å². The van der Waals surface area contributed by atoms with Crippen LogP contribution in [-0.2, 0) is 14.2 Å². The monoisotopic (exact) mass is 691 g/mol. The Morgan fingerprint density at radius 1 is 0.531 bits per heavy atom. The minimum absolute atomic E-state index is 0.0275. The van der Waals surface area contributed by atoms with Crippen molar-refractivity contribution in [3.63, 3.8) is 0 Å². The van der Waals surface area contributed by atoms with Crippen molar-refractivity contribution in [3.8, 4) is 0 Å². The van der Waals surface area contributed by atoms with Gasteiger partial charge in [-0.1, -0.05) is 83.1 Å². The molecule has 1 atom stereocenters. The highest BCUT2D eigenvalue weighted by molar-refractivity contribution is 5.97. The Morgan fingerprint density at radius 3 is 1.27 bits per heavy atom. The number of unbranched alkanes of at least 4 members (excludes halogenated alkanes) is 13. The Balaban J connectivity index is 2.46. The van der Waals surface area contributed by atoms with Crippen LogP contribution in [0.2, 0.25) is 0 Å². The summed E-state index contributed by atoms with van der Waals surface area (Å²) in [4.78, 5) is 24.4. The molecule has 1 unspecified atom stereocenters. The first kappa shape index (κ1) is 45.1. The van der Waals surface area contributed by atoms with Crippen LogP contribution in [0.1, 0.15) is 210 Å². The zero-order valence-corrected chi connectivity index (χ0v) is 32.8. The summed E-state index contributed by atoms with van der Waals surface area (Å²) in [5.74, 6) is -2.26. The molecule has 0 bridgehead atoms. The third kappa shape index (κ3) is 23.2. The molecule has 7 nitrogen and oxygen atoms in total. The lowest BCUT2D eigenvalue weighted by atomic mass is 9.82. The zero-order chi connectivity index (χ0) is 36.8. The molecule has 0 amide bonds. The second-order valence-electron chi connectivity index (χ2n) is 16.6. The normalized spacial score (nSPS) is 13.1. The summed E-state index contributed by atoms with van der Waals surface area (Å²) < 4.78 is 17.9. The van der Waals surface area contributed by atoms with Gasteiger partial charge in [0, 0.05) is 19.8 Å². The van der Waals surface area contributed by atoms with E-state index in [0.29, 0.717) is 5.56 Å². The van der Waals surface area contributed by atoms with E-state index in [0.717, 1.165) is 90.4 Å². The van der Waals surface area contributed by atoms with Crippen LogP contribution in [0.15, 0.2) is 18.2 Å². The SMILES string of the molecule is CC(C)(C)OCCCCCCCCCCCCOC(C)(C)CCCC(CCCCCCCOC(C)(C)C)c1c(C(=O)O)cccc1C(=O)O. The highest BCUT2D eigenvalue weighted by atomic mass is 16.5. The fourth-order valence-corrected chi connectivity index (χ4v) is 6.40. The summed E-state index contributed by atoms with van der Waals surface area (Å²) in [6.07, 6.45) is 20.9. The largest absolute Gasteiger partial charge is 0.478 e. The van der Waals surface area contributed by atoms with Crippen LogP contribution in [0.25, 0.3) is 0 Å². The molecule has 7 heteroatoms. The maximum Gasteiger partial charge on any atom is 0.335 e. The van der Waals surface area contributed by atoms with E-state index < -0.39 is 11.9 Å². The van der Waals surface area contributed by atoms with Gasteiger partial charge in [0.05, 0.1) is 27.9 Å². The molecule has 1 aromatic carbocycles. The predicted molar refractivity (Wildman–Crippen MR) is 202 cm³/mol. The van der Waals surface area contributed by atoms with E-state index in [4.69, 9.17) is 14.2 Å². The number of ether oxygens (including phenoxy) is 3. The molecule has 0 saturated heterocycles. The molecule has 49 heavy (non-hydrogen) atoms. The first-order valence-electron chi connectivity index (χ1n) is 19.5. The first-order chi connectivity index (χ1) is 23.0. The summed E-state index contributed by atoms with van der Waals surface area (Å²) in [7, 11) is 0. The zero-order valence-electron chi connectivity index (χ0n) is 32.8. The Bertz CT molecular complexity index is 1000. The van der Waals surface area contributed by atoms with Crippen molar-refractivity contribution in [1.29, 1.82) is 0 Å². The number of carboxylic acids is 2. The van der Waals surface area contributed by atoms with Crippen molar-refractivity contribution in [2.24, 2.45) is 0 Å². The Morgan fingerprint density at radius 2 is 0.878 bits per heavy atom. The van der Waals surface area contributed by atoms with Crippen LogP contribution < -0.4 is 0 Å². The van der Waals surface area contributed by atoms with Crippen LogP contribution in [0.4, 0.5) is 0 Å². The number of benzene rings is 1. The molecule has 0 aliphatic rings. The van der Waals surface area contributed by atoms with E-state index in [9.17, 15) is 19.8 Å². The second kappa shape index (κ2) is 24.3. The molecular weight excluding hydrogens is 616 g/mol. The maximum atomic E-state index is 12.2. The summed E-state index contributed by atoms with van der Waals surface area (Å²) in [6, 6.07) is 4.63. The molecule has 1 aromatic rings. The number of hydrogen-bond acceptors (Lipinski definition) is 5. The van der Waals surface area contributed by atoms with E-state index in [2.05, 4.69) is 55.4 Å². The highest BCUT2D eigenvalue weighted by Crippen LogP contribution is 2.35. The third-order valence-electron chi connectivity index (χ3n) is 9.11. The quantitative estimate of drug-likeness (QED) is 0.0806. The van der Waals surface area contributed by atoms with Gasteiger partial charge in [-0.05, 0) is 124 Å². The minimum atomic E-state index is -1.07. The molecule has 284 valence electrons. The van der Waals surface area contributed by atoms with Gasteiger partial charge in [0.25, 0.3) is 0 Å². The average molecular weight is 691 g/mol. The van der Waals surface area contributed by atoms with Crippen molar-refractivity contribution in [3.05, 3.63) is 34.9 Å². The van der Waals surface area contributed by atoms with Gasteiger partial charge < -0.3 is 24.4 Å². The molecule has 0 heterocycles. The number of rotatable bonds is 29. The molecule has 1 rings (SSSR count). The van der Waals surface area contributed by atoms with Crippen LogP contribution in [-0.4, -0.2) is 58.8 Å². The maximum absolute atomic E-state index is 12.2. The molecule has 2 N–H and O–H groups in total. The molecule has 0 spiro atoms. The van der Waals surface area contributed by atoms with Gasteiger partial charge in [-0.2, -0.15) is 0 Å². The van der Waals surface area contributed by atoms with E-state index >= 15 is 0 Å². The number of hydrogen-bond donors (Lipinski definition) is 2. The van der Waals surface area contributed by atoms with Gasteiger partial charge in [0.15, 0.2) is 0 Å². The molecule has 0 saturated carbocycles. The van der Waals surface area contributed by atoms with Crippen molar-refractivity contribution in [1.82, 2.24) is 0 Å². The summed E-state index contributed by atoms with van der Waals surface area (Å²) in [6.45, 7) is 19.2. The minimum Gasteiger partial charge on any atom is -0.478 e. The van der Waals surface area contributed by atoms with Crippen LogP contribution in [0.5, 0.6) is 0 Å². The summed E-state index contributed by atoms with van der Waals surface area (Å²) in [5, 5.41) is 19.9. The van der Waals surface area contributed by atoms with Gasteiger partial charge in [0.1, 0.15) is 0 Å². The van der Waals surface area contributed by atoms with Crippen molar-refractivity contribution in [2.75, 3.05) is 19.8 Å².